The van der Waals surface area contributed by atoms with Gasteiger partial charge in [-0.05, 0) is 56.7 Å². The highest BCUT2D eigenvalue weighted by molar-refractivity contribution is 7.92. The summed E-state index contributed by atoms with van der Waals surface area (Å²) in [4.78, 5) is 28.7. The van der Waals surface area contributed by atoms with Crippen molar-refractivity contribution in [3.8, 4) is 0 Å². The van der Waals surface area contributed by atoms with E-state index in [9.17, 15) is 18.0 Å². The van der Waals surface area contributed by atoms with Gasteiger partial charge < -0.3 is 10.2 Å². The number of nitrogens with zero attached hydrogens (tertiary/aromatic N) is 2. The topological polar surface area (TPSA) is 86.8 Å². The standard InChI is InChI=1S/C29H37N3O4S/c1-7-25(28(34)30-29(3,4)5)31(19-23-15-9-8-13-21(23)2)27(33)20-32(37(6,35)36)26-18-12-16-22-14-10-11-17-24(22)26/h8-18,25H,7,19-20H2,1-6H3,(H,30,34). The number of hydrogen-bond donors (Lipinski definition) is 1. The summed E-state index contributed by atoms with van der Waals surface area (Å²) >= 11 is 0. The molecule has 0 aliphatic carbocycles. The van der Waals surface area contributed by atoms with Gasteiger partial charge in [-0.25, -0.2) is 8.42 Å². The van der Waals surface area contributed by atoms with Crippen LogP contribution in [0.1, 0.15) is 45.2 Å². The van der Waals surface area contributed by atoms with Crippen molar-refractivity contribution >= 4 is 38.3 Å². The number of fused-ring (bicyclic) bond motifs is 1. The summed E-state index contributed by atoms with van der Waals surface area (Å²) in [7, 11) is -3.82. The Morgan fingerprint density at radius 2 is 1.57 bits per heavy atom. The van der Waals surface area contributed by atoms with Crippen LogP contribution in [0.25, 0.3) is 10.8 Å². The Hall–Kier alpha value is -3.39. The molecule has 2 amide bonds. The van der Waals surface area contributed by atoms with Gasteiger partial charge in [0.15, 0.2) is 0 Å². The second-order valence-electron chi connectivity index (χ2n) is 10.4. The van der Waals surface area contributed by atoms with Crippen molar-refractivity contribution in [2.75, 3.05) is 17.1 Å². The first-order valence-electron chi connectivity index (χ1n) is 12.4. The number of hydrogen-bond acceptors (Lipinski definition) is 4. The second kappa shape index (κ2) is 11.3. The molecular formula is C29H37N3O4S. The van der Waals surface area contributed by atoms with Gasteiger partial charge >= 0.3 is 0 Å². The van der Waals surface area contributed by atoms with E-state index in [1.54, 1.807) is 12.1 Å². The monoisotopic (exact) mass is 523 g/mol. The van der Waals surface area contributed by atoms with Crippen molar-refractivity contribution in [2.45, 2.75) is 59.2 Å². The summed E-state index contributed by atoms with van der Waals surface area (Å²) in [5, 5.41) is 4.58. The minimum atomic E-state index is -3.82. The number of benzene rings is 3. The molecule has 0 radical (unpaired) electrons. The van der Waals surface area contributed by atoms with Gasteiger partial charge in [-0.2, -0.15) is 0 Å². The van der Waals surface area contributed by atoms with E-state index >= 15 is 0 Å². The fourth-order valence-electron chi connectivity index (χ4n) is 4.36. The predicted molar refractivity (Wildman–Crippen MR) is 150 cm³/mol. The van der Waals surface area contributed by atoms with E-state index < -0.39 is 34.1 Å². The molecule has 0 bridgehead atoms. The molecule has 7 nitrogen and oxygen atoms in total. The van der Waals surface area contributed by atoms with Crippen molar-refractivity contribution in [3.63, 3.8) is 0 Å². The smallest absolute Gasteiger partial charge is 0.244 e. The molecule has 1 N–H and O–H groups in total. The first-order valence-corrected chi connectivity index (χ1v) is 14.3. The third-order valence-corrected chi connectivity index (χ3v) is 7.33. The van der Waals surface area contributed by atoms with Crippen molar-refractivity contribution < 1.29 is 18.0 Å². The van der Waals surface area contributed by atoms with Gasteiger partial charge in [-0.3, -0.25) is 13.9 Å². The van der Waals surface area contributed by atoms with Crippen LogP contribution in [-0.4, -0.2) is 49.5 Å². The number of anilines is 1. The number of sulfonamides is 1. The Morgan fingerprint density at radius 1 is 0.946 bits per heavy atom. The first kappa shape index (κ1) is 28.2. The fourth-order valence-corrected chi connectivity index (χ4v) is 5.23. The van der Waals surface area contributed by atoms with Gasteiger partial charge in [-0.15, -0.1) is 0 Å². The zero-order valence-electron chi connectivity index (χ0n) is 22.5. The molecule has 3 aromatic carbocycles. The van der Waals surface area contributed by atoms with Crippen LogP contribution in [0.3, 0.4) is 0 Å². The van der Waals surface area contributed by atoms with Crippen molar-refractivity contribution in [1.29, 1.82) is 0 Å². The minimum Gasteiger partial charge on any atom is -0.350 e. The molecule has 3 rings (SSSR count). The number of carbonyl (C=O) groups excluding carboxylic acids is 2. The average Bonchev–Trinajstić information content (AvgIpc) is 2.81. The molecular weight excluding hydrogens is 486 g/mol. The third-order valence-electron chi connectivity index (χ3n) is 6.20. The Bertz CT molecular complexity index is 1370. The molecule has 1 atom stereocenters. The van der Waals surface area contributed by atoms with Crippen molar-refractivity contribution in [2.24, 2.45) is 0 Å². The average molecular weight is 524 g/mol. The van der Waals surface area contributed by atoms with Crippen LogP contribution in [0.4, 0.5) is 5.69 Å². The summed E-state index contributed by atoms with van der Waals surface area (Å²) < 4.78 is 27.1. The van der Waals surface area contributed by atoms with E-state index in [0.29, 0.717) is 12.1 Å². The maximum absolute atomic E-state index is 13.9. The predicted octanol–water partition coefficient (Wildman–Crippen LogP) is 4.64. The molecule has 0 saturated heterocycles. The van der Waals surface area contributed by atoms with Crippen LogP contribution in [0.5, 0.6) is 0 Å². The molecule has 1 unspecified atom stereocenters. The van der Waals surface area contributed by atoms with Crippen molar-refractivity contribution in [1.82, 2.24) is 10.2 Å². The molecule has 0 aliphatic rings. The van der Waals surface area contributed by atoms with Crippen LogP contribution in [-0.2, 0) is 26.2 Å². The summed E-state index contributed by atoms with van der Waals surface area (Å²) in [6.45, 7) is 9.23. The lowest BCUT2D eigenvalue weighted by Crippen LogP contribution is -2.55. The number of aryl methyl sites for hydroxylation is 1. The molecule has 8 heteroatoms. The minimum absolute atomic E-state index is 0.189. The molecule has 3 aromatic rings. The number of carbonyl (C=O) groups is 2. The summed E-state index contributed by atoms with van der Waals surface area (Å²) in [6.07, 6.45) is 1.48. The molecule has 0 saturated carbocycles. The Labute approximate surface area is 220 Å². The Balaban J connectivity index is 2.05. The van der Waals surface area contributed by atoms with Crippen LogP contribution >= 0.6 is 0 Å². The zero-order chi connectivity index (χ0) is 27.4. The highest BCUT2D eigenvalue weighted by atomic mass is 32.2. The maximum atomic E-state index is 13.9. The Kier molecular flexibility index (Phi) is 8.64. The Morgan fingerprint density at radius 3 is 2.19 bits per heavy atom. The lowest BCUT2D eigenvalue weighted by molar-refractivity contribution is -0.141. The van der Waals surface area contributed by atoms with Gasteiger partial charge in [0.2, 0.25) is 21.8 Å². The molecule has 0 aliphatic heterocycles. The number of rotatable bonds is 9. The third kappa shape index (κ3) is 7.10. The van der Waals surface area contributed by atoms with Crippen LogP contribution in [0, 0.1) is 6.92 Å². The van der Waals surface area contributed by atoms with Crippen LogP contribution < -0.4 is 9.62 Å². The molecule has 0 aromatic heterocycles. The highest BCUT2D eigenvalue weighted by Gasteiger charge is 2.33. The van der Waals surface area contributed by atoms with E-state index in [-0.39, 0.29) is 12.5 Å². The van der Waals surface area contributed by atoms with Crippen LogP contribution in [0.15, 0.2) is 66.7 Å². The SMILES string of the molecule is CCC(C(=O)NC(C)(C)C)N(Cc1ccccc1C)C(=O)CN(c1cccc2ccccc12)S(C)(=O)=O. The largest absolute Gasteiger partial charge is 0.350 e. The lowest BCUT2D eigenvalue weighted by Gasteiger charge is -2.35. The van der Waals surface area contributed by atoms with E-state index in [2.05, 4.69) is 5.32 Å². The highest BCUT2D eigenvalue weighted by Crippen LogP contribution is 2.29. The first-order chi connectivity index (χ1) is 17.3. The summed E-state index contributed by atoms with van der Waals surface area (Å²) in [5.41, 5.74) is 1.83. The van der Waals surface area contributed by atoms with Gasteiger partial charge in [0.05, 0.1) is 11.9 Å². The quantitative estimate of drug-likeness (QED) is 0.443. The van der Waals surface area contributed by atoms with Gasteiger partial charge in [0.1, 0.15) is 12.6 Å². The van der Waals surface area contributed by atoms with Gasteiger partial charge in [0, 0.05) is 17.5 Å². The van der Waals surface area contributed by atoms with Gasteiger partial charge in [0.25, 0.3) is 0 Å². The summed E-state index contributed by atoms with van der Waals surface area (Å²) in [5.74, 6) is -0.717. The number of amides is 2. The number of nitrogens with one attached hydrogen (secondary N) is 1. The van der Waals surface area contributed by atoms with E-state index in [0.717, 1.165) is 32.5 Å². The second-order valence-corrected chi connectivity index (χ2v) is 12.3. The molecule has 0 heterocycles. The van der Waals surface area contributed by atoms with E-state index in [4.69, 9.17) is 0 Å². The summed E-state index contributed by atoms with van der Waals surface area (Å²) in [6, 6.07) is 19.7. The maximum Gasteiger partial charge on any atom is 0.244 e. The van der Waals surface area contributed by atoms with Crippen molar-refractivity contribution in [3.05, 3.63) is 77.9 Å². The molecule has 0 spiro atoms. The zero-order valence-corrected chi connectivity index (χ0v) is 23.3. The fraction of sp³-hybridized carbons (Fsp3) is 0.379. The molecule has 198 valence electrons. The van der Waals surface area contributed by atoms with Crippen LogP contribution in [0.2, 0.25) is 0 Å². The molecule has 0 fully saturated rings. The molecule has 37 heavy (non-hydrogen) atoms. The normalized spacial score (nSPS) is 12.7. The lowest BCUT2D eigenvalue weighted by atomic mass is 10.0. The van der Waals surface area contributed by atoms with E-state index in [1.807, 2.05) is 89.2 Å². The van der Waals surface area contributed by atoms with E-state index in [1.165, 1.54) is 4.90 Å². The van der Waals surface area contributed by atoms with Gasteiger partial charge in [-0.1, -0.05) is 67.6 Å².